The van der Waals surface area contributed by atoms with Crippen LogP contribution in [0.4, 0.5) is 0 Å². The van der Waals surface area contributed by atoms with Gasteiger partial charge in [-0.05, 0) is 18.6 Å². The first kappa shape index (κ1) is 14.2. The van der Waals surface area contributed by atoms with E-state index in [2.05, 4.69) is 0 Å². The maximum absolute atomic E-state index is 5.95. The molecule has 2 N–H and O–H groups in total. The van der Waals surface area contributed by atoms with E-state index in [1.807, 2.05) is 6.92 Å². The van der Waals surface area contributed by atoms with Crippen molar-refractivity contribution in [2.75, 3.05) is 13.7 Å². The van der Waals surface area contributed by atoms with E-state index in [4.69, 9.17) is 38.4 Å². The highest BCUT2D eigenvalue weighted by Gasteiger charge is 2.11. The van der Waals surface area contributed by atoms with Crippen LogP contribution in [0.5, 0.6) is 11.5 Å². The predicted octanol–water partition coefficient (Wildman–Crippen LogP) is 3.33. The van der Waals surface area contributed by atoms with Crippen molar-refractivity contribution in [2.45, 2.75) is 13.5 Å². The Labute approximate surface area is 111 Å². The maximum Gasteiger partial charge on any atom is 0.166 e. The lowest BCUT2D eigenvalue weighted by Gasteiger charge is -2.15. The molecule has 1 aromatic carbocycles. The molecule has 0 aliphatic rings. The summed E-state index contributed by atoms with van der Waals surface area (Å²) in [5.74, 6) is 1.18. The van der Waals surface area contributed by atoms with Crippen molar-refractivity contribution in [3.63, 3.8) is 0 Å². The van der Waals surface area contributed by atoms with Gasteiger partial charge in [-0.25, -0.2) is 0 Å². The average Bonchev–Trinajstić information content (AvgIpc) is 2.35. The Morgan fingerprint density at radius 1 is 1.47 bits per heavy atom. The van der Waals surface area contributed by atoms with Crippen molar-refractivity contribution in [2.24, 2.45) is 5.73 Å². The van der Waals surface area contributed by atoms with Crippen molar-refractivity contribution in [1.29, 1.82) is 0 Å². The summed E-state index contributed by atoms with van der Waals surface area (Å²) in [6.07, 6.45) is 0. The first-order valence-corrected chi connectivity index (χ1v) is 5.89. The number of methoxy groups -OCH3 is 1. The minimum Gasteiger partial charge on any atom is -0.493 e. The molecule has 0 spiro atoms. The molecule has 17 heavy (non-hydrogen) atoms. The smallest absolute Gasteiger partial charge is 0.166 e. The quantitative estimate of drug-likeness (QED) is 0.897. The van der Waals surface area contributed by atoms with Crippen molar-refractivity contribution >= 4 is 23.2 Å². The third kappa shape index (κ3) is 3.80. The molecule has 0 saturated heterocycles. The summed E-state index contributed by atoms with van der Waals surface area (Å²) in [4.78, 5) is 0. The van der Waals surface area contributed by atoms with Crippen LogP contribution < -0.4 is 15.2 Å². The number of rotatable bonds is 5. The summed E-state index contributed by atoms with van der Waals surface area (Å²) in [5, 5.41) is 0.569. The Bertz CT molecular complexity index is 394. The molecule has 0 aromatic heterocycles. The molecule has 5 heteroatoms. The minimum absolute atomic E-state index is 0.329. The Hall–Kier alpha value is -0.900. The zero-order valence-corrected chi connectivity index (χ0v) is 11.3. The second-order valence-corrected chi connectivity index (χ2v) is 4.20. The van der Waals surface area contributed by atoms with Crippen LogP contribution in [0.25, 0.3) is 0 Å². The SMILES string of the molecule is COc1cc(Cl)cc(CN)c1OC/C(C)=C/Cl. The van der Waals surface area contributed by atoms with Gasteiger partial charge in [-0.15, -0.1) is 0 Å². The summed E-state index contributed by atoms with van der Waals surface area (Å²) in [7, 11) is 1.56. The molecule has 0 heterocycles. The molecule has 94 valence electrons. The Morgan fingerprint density at radius 3 is 2.71 bits per heavy atom. The molecule has 0 amide bonds. The normalized spacial score (nSPS) is 11.5. The highest BCUT2D eigenvalue weighted by molar-refractivity contribution is 6.30. The molecule has 0 radical (unpaired) electrons. The molecule has 0 unspecified atom stereocenters. The van der Waals surface area contributed by atoms with Crippen LogP contribution in [0.15, 0.2) is 23.2 Å². The van der Waals surface area contributed by atoms with Gasteiger partial charge in [-0.3, -0.25) is 0 Å². The zero-order valence-electron chi connectivity index (χ0n) is 9.80. The van der Waals surface area contributed by atoms with Crippen molar-refractivity contribution in [3.05, 3.63) is 33.8 Å². The molecular formula is C12H15Cl2NO2. The fourth-order valence-electron chi connectivity index (χ4n) is 1.31. The van der Waals surface area contributed by atoms with Crippen LogP contribution in [-0.4, -0.2) is 13.7 Å². The topological polar surface area (TPSA) is 44.5 Å². The first-order valence-electron chi connectivity index (χ1n) is 5.07. The molecule has 0 fully saturated rings. The predicted molar refractivity (Wildman–Crippen MR) is 71.0 cm³/mol. The molecule has 1 aromatic rings. The van der Waals surface area contributed by atoms with Crippen molar-refractivity contribution in [3.8, 4) is 11.5 Å². The highest BCUT2D eigenvalue weighted by atomic mass is 35.5. The molecular weight excluding hydrogens is 261 g/mol. The fraction of sp³-hybridized carbons (Fsp3) is 0.333. The van der Waals surface area contributed by atoms with E-state index in [-0.39, 0.29) is 0 Å². The van der Waals surface area contributed by atoms with Gasteiger partial charge in [0.2, 0.25) is 0 Å². The van der Waals surface area contributed by atoms with Gasteiger partial charge in [0, 0.05) is 28.7 Å². The van der Waals surface area contributed by atoms with Crippen LogP contribution in [0, 0.1) is 0 Å². The first-order chi connectivity index (χ1) is 8.12. The highest BCUT2D eigenvalue weighted by Crippen LogP contribution is 2.34. The van der Waals surface area contributed by atoms with E-state index in [9.17, 15) is 0 Å². The molecule has 0 bridgehead atoms. The fourth-order valence-corrected chi connectivity index (χ4v) is 1.60. The standard InChI is InChI=1S/C12H15Cl2NO2/c1-8(5-13)7-17-12-9(6-15)3-10(14)4-11(12)16-2/h3-5H,6-7,15H2,1-2H3/b8-5+. The molecule has 3 nitrogen and oxygen atoms in total. The largest absolute Gasteiger partial charge is 0.493 e. The lowest BCUT2D eigenvalue weighted by atomic mass is 10.2. The number of ether oxygens (including phenoxy) is 2. The summed E-state index contributed by atoms with van der Waals surface area (Å²) in [6, 6.07) is 3.45. The zero-order chi connectivity index (χ0) is 12.8. The van der Waals surface area contributed by atoms with Crippen LogP contribution in [0.3, 0.4) is 0 Å². The van der Waals surface area contributed by atoms with Gasteiger partial charge in [0.25, 0.3) is 0 Å². The number of benzene rings is 1. The monoisotopic (exact) mass is 275 g/mol. The van der Waals surface area contributed by atoms with Crippen molar-refractivity contribution < 1.29 is 9.47 Å². The summed E-state index contributed by atoms with van der Waals surface area (Å²) < 4.78 is 10.9. The van der Waals surface area contributed by atoms with Gasteiger partial charge < -0.3 is 15.2 Å². The van der Waals surface area contributed by atoms with Gasteiger partial charge >= 0.3 is 0 Å². The third-order valence-electron chi connectivity index (χ3n) is 2.17. The van der Waals surface area contributed by atoms with Gasteiger partial charge in [-0.1, -0.05) is 23.2 Å². The molecule has 0 atom stereocenters. The Balaban J connectivity index is 3.02. The van der Waals surface area contributed by atoms with Gasteiger partial charge in [0.15, 0.2) is 11.5 Å². The lowest BCUT2D eigenvalue weighted by Crippen LogP contribution is -2.06. The molecule has 1 rings (SSSR count). The van der Waals surface area contributed by atoms with E-state index in [1.54, 1.807) is 19.2 Å². The average molecular weight is 276 g/mol. The lowest BCUT2D eigenvalue weighted by molar-refractivity contribution is 0.316. The second kappa shape index (κ2) is 6.74. The van der Waals surface area contributed by atoms with E-state index < -0.39 is 0 Å². The van der Waals surface area contributed by atoms with E-state index in [0.717, 1.165) is 11.1 Å². The number of nitrogens with two attached hydrogens (primary N) is 1. The number of hydrogen-bond donors (Lipinski definition) is 1. The van der Waals surface area contributed by atoms with Crippen LogP contribution >= 0.6 is 23.2 Å². The van der Waals surface area contributed by atoms with E-state index >= 15 is 0 Å². The summed E-state index contributed by atoms with van der Waals surface area (Å²) >= 11 is 11.5. The second-order valence-electron chi connectivity index (χ2n) is 3.54. The number of halogens is 2. The molecule has 0 aliphatic heterocycles. The van der Waals surface area contributed by atoms with E-state index in [1.165, 1.54) is 5.54 Å². The molecule has 0 saturated carbocycles. The maximum atomic E-state index is 5.95. The van der Waals surface area contributed by atoms with Gasteiger partial charge in [0.1, 0.15) is 6.61 Å². The minimum atomic E-state index is 0.329. The van der Waals surface area contributed by atoms with E-state index in [0.29, 0.717) is 29.7 Å². The third-order valence-corrected chi connectivity index (χ3v) is 2.76. The number of hydrogen-bond acceptors (Lipinski definition) is 3. The van der Waals surface area contributed by atoms with Crippen molar-refractivity contribution in [1.82, 2.24) is 0 Å². The van der Waals surface area contributed by atoms with Crippen LogP contribution in [0.1, 0.15) is 12.5 Å². The summed E-state index contributed by atoms with van der Waals surface area (Å²) in [6.45, 7) is 2.59. The van der Waals surface area contributed by atoms with Gasteiger partial charge in [-0.2, -0.15) is 0 Å². The van der Waals surface area contributed by atoms with Crippen LogP contribution in [-0.2, 0) is 6.54 Å². The van der Waals surface area contributed by atoms with Gasteiger partial charge in [0.05, 0.1) is 7.11 Å². The Morgan fingerprint density at radius 2 is 2.18 bits per heavy atom. The van der Waals surface area contributed by atoms with Crippen LogP contribution in [0.2, 0.25) is 5.02 Å². The Kier molecular flexibility index (Phi) is 5.62. The summed E-state index contributed by atoms with van der Waals surface area (Å²) in [5.41, 5.74) is 8.84. The molecule has 0 aliphatic carbocycles.